The van der Waals surface area contributed by atoms with Crippen LogP contribution in [-0.2, 0) is 11.8 Å². The average molecular weight is 344 g/mol. The predicted octanol–water partition coefficient (Wildman–Crippen LogP) is 2.30. The predicted molar refractivity (Wildman–Crippen MR) is 96.6 cm³/mol. The zero-order valence-electron chi connectivity index (χ0n) is 14.7. The maximum absolute atomic E-state index is 11.9. The van der Waals surface area contributed by atoms with E-state index in [1.54, 1.807) is 32.4 Å². The highest BCUT2D eigenvalue weighted by Crippen LogP contribution is 2.27. The fourth-order valence-corrected chi connectivity index (χ4v) is 2.49. The van der Waals surface area contributed by atoms with E-state index in [4.69, 9.17) is 9.47 Å². The molecule has 1 aromatic heterocycles. The molecular weight excluding hydrogens is 320 g/mol. The molecule has 0 aliphatic carbocycles. The first-order chi connectivity index (χ1) is 12.0. The maximum atomic E-state index is 11.9. The number of amides is 1. The van der Waals surface area contributed by atoms with Gasteiger partial charge in [0, 0.05) is 31.6 Å². The first-order valence-corrected chi connectivity index (χ1v) is 8.02. The van der Waals surface area contributed by atoms with Crippen molar-refractivity contribution in [3.63, 3.8) is 0 Å². The molecule has 1 heterocycles. The van der Waals surface area contributed by atoms with Gasteiger partial charge in [-0.2, -0.15) is 0 Å². The highest BCUT2D eigenvalue weighted by Gasteiger charge is 2.10. The van der Waals surface area contributed by atoms with Gasteiger partial charge in [-0.05, 0) is 42.3 Å². The summed E-state index contributed by atoms with van der Waals surface area (Å²) in [7, 11) is 5.02. The Morgan fingerprint density at radius 2 is 2.04 bits per heavy atom. The number of aromatic nitrogens is 1. The topological polar surface area (TPSA) is 72.7 Å². The van der Waals surface area contributed by atoms with Crippen molar-refractivity contribution < 1.29 is 19.4 Å². The molecule has 134 valence electrons. The van der Waals surface area contributed by atoms with Crippen molar-refractivity contribution in [2.24, 2.45) is 7.05 Å². The number of nitrogens with zero attached hydrogens (tertiary/aromatic N) is 1. The minimum Gasteiger partial charge on any atom is -0.493 e. The summed E-state index contributed by atoms with van der Waals surface area (Å²) in [5.74, 6) is 1.03. The second-order valence-corrected chi connectivity index (χ2v) is 5.59. The number of hydrogen-bond donors (Lipinski definition) is 2. The number of ether oxygens (including phenoxy) is 2. The van der Waals surface area contributed by atoms with Gasteiger partial charge in [-0.15, -0.1) is 0 Å². The van der Waals surface area contributed by atoms with E-state index in [9.17, 15) is 9.90 Å². The van der Waals surface area contributed by atoms with E-state index in [1.165, 1.54) is 6.08 Å². The third-order valence-electron chi connectivity index (χ3n) is 3.88. The van der Waals surface area contributed by atoms with Crippen molar-refractivity contribution in [2.45, 2.75) is 12.5 Å². The molecule has 0 spiro atoms. The molecule has 0 aliphatic heterocycles. The van der Waals surface area contributed by atoms with Crippen LogP contribution in [0.25, 0.3) is 6.08 Å². The third kappa shape index (κ3) is 5.12. The van der Waals surface area contributed by atoms with Crippen LogP contribution in [0.15, 0.2) is 42.6 Å². The second-order valence-electron chi connectivity index (χ2n) is 5.59. The molecular formula is C19H24N2O4. The lowest BCUT2D eigenvalue weighted by atomic mass is 10.1. The summed E-state index contributed by atoms with van der Waals surface area (Å²) in [5, 5.41) is 12.9. The highest BCUT2D eigenvalue weighted by molar-refractivity contribution is 5.91. The number of aryl methyl sites for hydroxylation is 1. The van der Waals surface area contributed by atoms with Crippen molar-refractivity contribution in [3.8, 4) is 11.5 Å². The lowest BCUT2D eigenvalue weighted by molar-refractivity contribution is -0.116. The summed E-state index contributed by atoms with van der Waals surface area (Å²) < 4.78 is 12.3. The quantitative estimate of drug-likeness (QED) is 0.721. The monoisotopic (exact) mass is 344 g/mol. The molecule has 25 heavy (non-hydrogen) atoms. The molecule has 6 nitrogen and oxygen atoms in total. The number of rotatable bonds is 8. The number of aliphatic hydroxyl groups excluding tert-OH is 1. The van der Waals surface area contributed by atoms with Crippen LogP contribution in [0.4, 0.5) is 0 Å². The first-order valence-electron chi connectivity index (χ1n) is 8.02. The van der Waals surface area contributed by atoms with Crippen LogP contribution in [0.5, 0.6) is 11.5 Å². The average Bonchev–Trinajstić information content (AvgIpc) is 3.05. The molecule has 0 radical (unpaired) electrons. The van der Waals surface area contributed by atoms with Gasteiger partial charge in [0.2, 0.25) is 5.91 Å². The summed E-state index contributed by atoms with van der Waals surface area (Å²) in [6, 6.07) is 9.16. The van der Waals surface area contributed by atoms with Gasteiger partial charge in [0.1, 0.15) is 0 Å². The van der Waals surface area contributed by atoms with Gasteiger partial charge in [-0.1, -0.05) is 6.07 Å². The van der Waals surface area contributed by atoms with Crippen molar-refractivity contribution in [1.29, 1.82) is 0 Å². The van der Waals surface area contributed by atoms with E-state index in [0.717, 1.165) is 11.3 Å². The van der Waals surface area contributed by atoms with Gasteiger partial charge < -0.3 is 24.5 Å². The largest absolute Gasteiger partial charge is 0.493 e. The lowest BCUT2D eigenvalue weighted by Gasteiger charge is -2.12. The number of nitrogens with one attached hydrogen (secondary N) is 1. The Bertz CT molecular complexity index is 737. The normalized spacial score (nSPS) is 12.2. The molecule has 0 fully saturated rings. The Hall–Kier alpha value is -2.73. The van der Waals surface area contributed by atoms with Gasteiger partial charge >= 0.3 is 0 Å². The summed E-state index contributed by atoms with van der Waals surface area (Å²) in [5.41, 5.74) is 1.66. The zero-order chi connectivity index (χ0) is 18.2. The first kappa shape index (κ1) is 18.6. The molecule has 0 saturated heterocycles. The SMILES string of the molecule is COc1ccc(/C=C/C(=O)NCCC(O)c2cccn2C)cc1OC. The Kier molecular flexibility index (Phi) is 6.65. The lowest BCUT2D eigenvalue weighted by Crippen LogP contribution is -2.23. The molecule has 0 aliphatic rings. The standard InChI is InChI=1S/C19H24N2O4/c1-21-12-4-5-15(21)16(22)10-11-20-19(23)9-7-14-6-8-17(24-2)18(13-14)25-3/h4-9,12-13,16,22H,10-11H2,1-3H3,(H,20,23)/b9-7+. The molecule has 1 atom stereocenters. The van der Waals surface area contributed by atoms with E-state index >= 15 is 0 Å². The van der Waals surface area contributed by atoms with Crippen LogP contribution in [0, 0.1) is 0 Å². The maximum Gasteiger partial charge on any atom is 0.244 e. The van der Waals surface area contributed by atoms with Gasteiger partial charge in [-0.25, -0.2) is 0 Å². The molecule has 0 bridgehead atoms. The fraction of sp³-hybridized carbons (Fsp3) is 0.316. The molecule has 0 saturated carbocycles. The number of methoxy groups -OCH3 is 2. The van der Waals surface area contributed by atoms with Crippen LogP contribution in [0.1, 0.15) is 23.8 Å². The molecule has 2 aromatic rings. The van der Waals surface area contributed by atoms with Crippen molar-refractivity contribution in [2.75, 3.05) is 20.8 Å². The summed E-state index contributed by atoms with van der Waals surface area (Å²) in [4.78, 5) is 11.9. The molecule has 1 aromatic carbocycles. The molecule has 1 amide bonds. The van der Waals surface area contributed by atoms with Crippen LogP contribution in [0.2, 0.25) is 0 Å². The van der Waals surface area contributed by atoms with E-state index in [2.05, 4.69) is 5.32 Å². The minimum atomic E-state index is -0.602. The van der Waals surface area contributed by atoms with E-state index in [1.807, 2.05) is 36.0 Å². The van der Waals surface area contributed by atoms with Crippen LogP contribution < -0.4 is 14.8 Å². The Balaban J connectivity index is 1.84. The Labute approximate surface area is 147 Å². The van der Waals surface area contributed by atoms with E-state index < -0.39 is 6.10 Å². The third-order valence-corrected chi connectivity index (χ3v) is 3.88. The summed E-state index contributed by atoms with van der Waals surface area (Å²) >= 11 is 0. The van der Waals surface area contributed by atoms with Gasteiger partial charge in [0.05, 0.1) is 20.3 Å². The molecule has 2 N–H and O–H groups in total. The van der Waals surface area contributed by atoms with Crippen LogP contribution in [-0.4, -0.2) is 36.3 Å². The number of aliphatic hydroxyl groups is 1. The van der Waals surface area contributed by atoms with Crippen LogP contribution >= 0.6 is 0 Å². The number of carbonyl (C=O) groups excluding carboxylic acids is 1. The Morgan fingerprint density at radius 1 is 1.28 bits per heavy atom. The van der Waals surface area contributed by atoms with Crippen molar-refractivity contribution in [1.82, 2.24) is 9.88 Å². The van der Waals surface area contributed by atoms with Gasteiger partial charge in [0.15, 0.2) is 11.5 Å². The molecule has 1 unspecified atom stereocenters. The summed E-state index contributed by atoms with van der Waals surface area (Å²) in [6.07, 6.45) is 4.88. The number of benzene rings is 1. The Morgan fingerprint density at radius 3 is 2.68 bits per heavy atom. The smallest absolute Gasteiger partial charge is 0.244 e. The van der Waals surface area contributed by atoms with Gasteiger partial charge in [-0.3, -0.25) is 4.79 Å². The fourth-order valence-electron chi connectivity index (χ4n) is 2.49. The minimum absolute atomic E-state index is 0.214. The van der Waals surface area contributed by atoms with Crippen molar-refractivity contribution in [3.05, 3.63) is 53.9 Å². The highest BCUT2D eigenvalue weighted by atomic mass is 16.5. The van der Waals surface area contributed by atoms with Gasteiger partial charge in [0.25, 0.3) is 0 Å². The molecule has 2 rings (SSSR count). The van der Waals surface area contributed by atoms with E-state index in [-0.39, 0.29) is 5.91 Å². The molecule has 6 heteroatoms. The number of carbonyl (C=O) groups is 1. The number of hydrogen-bond acceptors (Lipinski definition) is 4. The van der Waals surface area contributed by atoms with Crippen molar-refractivity contribution >= 4 is 12.0 Å². The second kappa shape index (κ2) is 8.94. The van der Waals surface area contributed by atoms with E-state index in [0.29, 0.717) is 24.5 Å². The zero-order valence-corrected chi connectivity index (χ0v) is 14.7. The summed E-state index contributed by atoms with van der Waals surface area (Å²) in [6.45, 7) is 0.390. The van der Waals surface area contributed by atoms with Crippen LogP contribution in [0.3, 0.4) is 0 Å².